The monoisotopic (exact) mass is 155 g/mol. The molecule has 3 heteroatoms. The molecule has 3 nitrogen and oxygen atoms in total. The van der Waals surface area contributed by atoms with E-state index in [2.05, 4.69) is 0 Å². The summed E-state index contributed by atoms with van der Waals surface area (Å²) in [7, 11) is 0. The molecule has 3 rings (SSSR count). The normalized spacial score (nSPS) is 45.8. The Morgan fingerprint density at radius 3 is 2.91 bits per heavy atom. The molecule has 64 valence electrons. The molecule has 0 aromatic heterocycles. The highest BCUT2D eigenvalue weighted by Gasteiger charge is 2.34. The van der Waals surface area contributed by atoms with Gasteiger partial charge in [0.1, 0.15) is 0 Å². The fraction of sp³-hybridized carbons (Fsp3) is 1.00. The molecule has 2 aliphatic heterocycles. The van der Waals surface area contributed by atoms with E-state index in [1.807, 2.05) is 5.01 Å². The highest BCUT2D eigenvalue weighted by molar-refractivity contribution is 4.90. The van der Waals surface area contributed by atoms with Crippen LogP contribution in [0.4, 0.5) is 0 Å². The fourth-order valence-electron chi connectivity index (χ4n) is 2.40. The SMILES string of the molecule is N[C@H]1C[C@@H]2CCC[C@@H]1CN2N. The Morgan fingerprint density at radius 1 is 1.27 bits per heavy atom. The number of hydrogen-bond acceptors (Lipinski definition) is 3. The van der Waals surface area contributed by atoms with Crippen LogP contribution >= 0.6 is 0 Å². The van der Waals surface area contributed by atoms with Gasteiger partial charge in [-0.25, -0.2) is 5.01 Å². The average Bonchev–Trinajstić information content (AvgIpc) is 2.21. The van der Waals surface area contributed by atoms with Gasteiger partial charge in [-0.05, 0) is 25.2 Å². The van der Waals surface area contributed by atoms with Gasteiger partial charge < -0.3 is 5.73 Å². The molecule has 1 saturated carbocycles. The lowest BCUT2D eigenvalue weighted by molar-refractivity contribution is 0.110. The van der Waals surface area contributed by atoms with Gasteiger partial charge in [-0.1, -0.05) is 6.42 Å². The van der Waals surface area contributed by atoms with E-state index in [9.17, 15) is 0 Å². The summed E-state index contributed by atoms with van der Waals surface area (Å²) < 4.78 is 0. The topological polar surface area (TPSA) is 55.3 Å². The highest BCUT2D eigenvalue weighted by atomic mass is 15.4. The van der Waals surface area contributed by atoms with Crippen LogP contribution in [0.15, 0.2) is 0 Å². The summed E-state index contributed by atoms with van der Waals surface area (Å²) in [6, 6.07) is 0.992. The van der Waals surface area contributed by atoms with Crippen LogP contribution in [0.2, 0.25) is 0 Å². The maximum Gasteiger partial charge on any atom is 0.0256 e. The van der Waals surface area contributed by atoms with Crippen LogP contribution in [-0.4, -0.2) is 23.6 Å². The molecule has 0 spiro atoms. The third kappa shape index (κ3) is 1.28. The summed E-state index contributed by atoms with van der Waals surface area (Å²) >= 11 is 0. The van der Waals surface area contributed by atoms with Gasteiger partial charge in [-0.2, -0.15) is 0 Å². The third-order valence-electron chi connectivity index (χ3n) is 3.18. The molecule has 2 saturated heterocycles. The molecule has 2 bridgehead atoms. The Morgan fingerprint density at radius 2 is 2.09 bits per heavy atom. The standard InChI is InChI=1S/C8H17N3/c9-8-4-7-3-1-2-6(8)5-11(7)10/h6-8H,1-5,9-10H2/t6-,7+,8+/m1/s1. The van der Waals surface area contributed by atoms with E-state index in [1.54, 1.807) is 0 Å². The smallest absolute Gasteiger partial charge is 0.0256 e. The van der Waals surface area contributed by atoms with Gasteiger partial charge in [0, 0.05) is 18.6 Å². The van der Waals surface area contributed by atoms with E-state index in [1.165, 1.54) is 19.3 Å². The van der Waals surface area contributed by atoms with Gasteiger partial charge in [0.15, 0.2) is 0 Å². The van der Waals surface area contributed by atoms with Gasteiger partial charge in [0.05, 0.1) is 0 Å². The van der Waals surface area contributed by atoms with Crippen molar-refractivity contribution in [1.29, 1.82) is 0 Å². The van der Waals surface area contributed by atoms with Crippen molar-refractivity contribution in [1.82, 2.24) is 5.01 Å². The van der Waals surface area contributed by atoms with E-state index >= 15 is 0 Å². The fourth-order valence-corrected chi connectivity index (χ4v) is 2.40. The number of hydrazine groups is 1. The first kappa shape index (κ1) is 7.53. The predicted molar refractivity (Wildman–Crippen MR) is 44.6 cm³/mol. The maximum atomic E-state index is 6.00. The molecule has 0 amide bonds. The van der Waals surface area contributed by atoms with Crippen LogP contribution in [0.25, 0.3) is 0 Å². The first-order chi connectivity index (χ1) is 5.27. The number of nitrogens with two attached hydrogens (primary N) is 2. The van der Waals surface area contributed by atoms with Gasteiger partial charge >= 0.3 is 0 Å². The lowest BCUT2D eigenvalue weighted by Gasteiger charge is -2.37. The molecule has 0 aromatic rings. The Hall–Kier alpha value is -0.120. The molecule has 3 fully saturated rings. The number of hydrogen-bond donors (Lipinski definition) is 2. The average molecular weight is 155 g/mol. The minimum absolute atomic E-state index is 0.419. The van der Waals surface area contributed by atoms with Gasteiger partial charge in [-0.15, -0.1) is 0 Å². The maximum absolute atomic E-state index is 6.00. The van der Waals surface area contributed by atoms with E-state index in [4.69, 9.17) is 11.6 Å². The first-order valence-corrected chi connectivity index (χ1v) is 4.54. The van der Waals surface area contributed by atoms with Crippen LogP contribution in [-0.2, 0) is 0 Å². The summed E-state index contributed by atoms with van der Waals surface area (Å²) in [5, 5.41) is 2.00. The van der Waals surface area contributed by atoms with Gasteiger partial charge in [0.2, 0.25) is 0 Å². The van der Waals surface area contributed by atoms with Crippen LogP contribution in [0.1, 0.15) is 25.7 Å². The van der Waals surface area contributed by atoms with Crippen molar-refractivity contribution in [3.8, 4) is 0 Å². The van der Waals surface area contributed by atoms with Crippen molar-refractivity contribution in [2.45, 2.75) is 37.8 Å². The van der Waals surface area contributed by atoms with Gasteiger partial charge in [0.25, 0.3) is 0 Å². The van der Waals surface area contributed by atoms with Gasteiger partial charge in [-0.3, -0.25) is 5.84 Å². The van der Waals surface area contributed by atoms with Crippen molar-refractivity contribution in [3.05, 3.63) is 0 Å². The van der Waals surface area contributed by atoms with Crippen LogP contribution < -0.4 is 11.6 Å². The molecule has 4 N–H and O–H groups in total. The summed E-state index contributed by atoms with van der Waals surface area (Å²) in [4.78, 5) is 0. The second-order valence-corrected chi connectivity index (χ2v) is 3.94. The lowest BCUT2D eigenvalue weighted by atomic mass is 9.91. The Bertz CT molecular complexity index is 132. The minimum atomic E-state index is 0.419. The second kappa shape index (κ2) is 2.73. The summed E-state index contributed by atoms with van der Waals surface area (Å²) in [5.41, 5.74) is 6.00. The quantitative estimate of drug-likeness (QED) is 0.486. The van der Waals surface area contributed by atoms with Crippen molar-refractivity contribution in [2.24, 2.45) is 17.5 Å². The molecular formula is C8H17N3. The zero-order chi connectivity index (χ0) is 7.84. The third-order valence-corrected chi connectivity index (χ3v) is 3.18. The summed E-state index contributed by atoms with van der Waals surface area (Å²) in [5.74, 6) is 6.53. The van der Waals surface area contributed by atoms with E-state index in [0.29, 0.717) is 18.0 Å². The zero-order valence-corrected chi connectivity index (χ0v) is 6.87. The summed E-state index contributed by atoms with van der Waals surface area (Å²) in [6.45, 7) is 1.02. The van der Waals surface area contributed by atoms with Crippen molar-refractivity contribution >= 4 is 0 Å². The predicted octanol–water partition coefficient (Wildman–Crippen LogP) is 0.0618. The number of rotatable bonds is 0. The molecule has 0 aromatic carbocycles. The van der Waals surface area contributed by atoms with Crippen LogP contribution in [0, 0.1) is 5.92 Å². The van der Waals surface area contributed by atoms with Crippen molar-refractivity contribution in [2.75, 3.05) is 6.54 Å². The Balaban J connectivity index is 2.12. The zero-order valence-electron chi connectivity index (χ0n) is 6.87. The number of piperidine rings is 1. The first-order valence-electron chi connectivity index (χ1n) is 4.54. The molecular weight excluding hydrogens is 138 g/mol. The largest absolute Gasteiger partial charge is 0.327 e. The van der Waals surface area contributed by atoms with Crippen molar-refractivity contribution < 1.29 is 0 Å². The Labute approximate surface area is 67.7 Å². The number of nitrogens with zero attached hydrogens (tertiary/aromatic N) is 1. The van der Waals surface area contributed by atoms with Crippen LogP contribution in [0.3, 0.4) is 0 Å². The number of fused-ring (bicyclic) bond motifs is 4. The molecule has 3 aliphatic rings. The Kier molecular flexibility index (Phi) is 1.87. The second-order valence-electron chi connectivity index (χ2n) is 3.94. The lowest BCUT2D eigenvalue weighted by Crippen LogP contribution is -2.53. The molecule has 1 aliphatic carbocycles. The van der Waals surface area contributed by atoms with Crippen LogP contribution in [0.5, 0.6) is 0 Å². The molecule has 2 heterocycles. The molecule has 0 radical (unpaired) electrons. The van der Waals surface area contributed by atoms with Crippen molar-refractivity contribution in [3.63, 3.8) is 0 Å². The molecule has 0 unspecified atom stereocenters. The molecule has 3 atom stereocenters. The highest BCUT2D eigenvalue weighted by Crippen LogP contribution is 2.30. The van der Waals surface area contributed by atoms with E-state index in [0.717, 1.165) is 13.0 Å². The molecule has 11 heavy (non-hydrogen) atoms. The summed E-state index contributed by atoms with van der Waals surface area (Å²) in [6.07, 6.45) is 4.96. The van der Waals surface area contributed by atoms with E-state index < -0.39 is 0 Å². The van der Waals surface area contributed by atoms with E-state index in [-0.39, 0.29) is 0 Å². The minimum Gasteiger partial charge on any atom is -0.327 e.